The van der Waals surface area contributed by atoms with Crippen molar-refractivity contribution in [3.63, 3.8) is 0 Å². The second-order valence-corrected chi connectivity index (χ2v) is 9.56. The van der Waals surface area contributed by atoms with Crippen molar-refractivity contribution in [2.24, 2.45) is 5.41 Å². The average Bonchev–Trinajstić information content (AvgIpc) is 3.14. The lowest BCUT2D eigenvalue weighted by molar-refractivity contribution is 0.190. The van der Waals surface area contributed by atoms with E-state index in [-0.39, 0.29) is 16.9 Å². The van der Waals surface area contributed by atoms with Gasteiger partial charge < -0.3 is 5.32 Å². The van der Waals surface area contributed by atoms with Crippen LogP contribution in [0, 0.1) is 5.41 Å². The molecule has 0 radical (unpaired) electrons. The zero-order valence-electron chi connectivity index (χ0n) is 18.3. The molecule has 29 heavy (non-hydrogen) atoms. The highest BCUT2D eigenvalue weighted by Gasteiger charge is 2.30. The zero-order valence-corrected chi connectivity index (χ0v) is 18.3. The Morgan fingerprint density at radius 1 is 0.862 bits per heavy atom. The fraction of sp³-hybridized carbons (Fsp3) is 0.458. The van der Waals surface area contributed by atoms with Crippen LogP contribution in [0.2, 0.25) is 0 Å². The van der Waals surface area contributed by atoms with Crippen molar-refractivity contribution in [3.05, 3.63) is 77.6 Å². The molecule has 0 spiro atoms. The molecule has 1 heterocycles. The molecule has 2 aromatic carbocycles. The maximum absolute atomic E-state index is 4.30. The van der Waals surface area contributed by atoms with Crippen molar-refractivity contribution in [2.45, 2.75) is 59.0 Å². The van der Waals surface area contributed by atoms with E-state index < -0.39 is 0 Å². The Balaban J connectivity index is 1.72. The fourth-order valence-corrected chi connectivity index (χ4v) is 4.29. The molecule has 0 saturated carbocycles. The van der Waals surface area contributed by atoms with Crippen LogP contribution in [0.3, 0.4) is 0 Å². The molecule has 0 unspecified atom stereocenters. The monoisotopic (exact) mass is 391 g/mol. The van der Waals surface area contributed by atoms with Crippen LogP contribution in [0.25, 0.3) is 0 Å². The highest BCUT2D eigenvalue weighted by molar-refractivity contribution is 5.32. The molecule has 1 N–H and O–H groups in total. The van der Waals surface area contributed by atoms with Gasteiger partial charge >= 0.3 is 0 Å². The number of benzene rings is 2. The standard InChI is InChI=1S/C24H33N5/c1-23(2,3)18-24(4,5)29-22(26-27-28-29)17-25-16-21(19-12-8-6-9-13-19)20-14-10-7-11-15-20/h6-15,21,25H,16-18H2,1-5H3. The van der Waals surface area contributed by atoms with Crippen LogP contribution in [0.15, 0.2) is 60.7 Å². The quantitative estimate of drug-likeness (QED) is 0.601. The molecular formula is C24H33N5. The fourth-order valence-electron chi connectivity index (χ4n) is 4.29. The highest BCUT2D eigenvalue weighted by atomic mass is 15.6. The zero-order chi connectivity index (χ0) is 20.9. The third-order valence-corrected chi connectivity index (χ3v) is 5.11. The molecule has 0 aliphatic carbocycles. The molecule has 0 atom stereocenters. The van der Waals surface area contributed by atoms with Crippen LogP contribution in [-0.4, -0.2) is 26.8 Å². The Morgan fingerprint density at radius 2 is 1.41 bits per heavy atom. The molecule has 1 aromatic heterocycles. The summed E-state index contributed by atoms with van der Waals surface area (Å²) in [5, 5.41) is 16.1. The Labute approximate surface area is 174 Å². The largest absolute Gasteiger partial charge is 0.309 e. The van der Waals surface area contributed by atoms with Crippen LogP contribution in [0.1, 0.15) is 63.9 Å². The molecule has 154 valence electrons. The summed E-state index contributed by atoms with van der Waals surface area (Å²) in [5.41, 5.74) is 2.67. The van der Waals surface area contributed by atoms with E-state index in [2.05, 4.69) is 116 Å². The minimum absolute atomic E-state index is 0.142. The van der Waals surface area contributed by atoms with Crippen molar-refractivity contribution in [1.29, 1.82) is 0 Å². The third kappa shape index (κ3) is 5.73. The topological polar surface area (TPSA) is 55.6 Å². The summed E-state index contributed by atoms with van der Waals surface area (Å²) in [6.07, 6.45) is 0.995. The summed E-state index contributed by atoms with van der Waals surface area (Å²) >= 11 is 0. The van der Waals surface area contributed by atoms with Gasteiger partial charge in [0.2, 0.25) is 0 Å². The maximum Gasteiger partial charge on any atom is 0.165 e. The Bertz CT molecular complexity index is 839. The summed E-state index contributed by atoms with van der Waals surface area (Å²) in [6, 6.07) is 21.3. The first-order chi connectivity index (χ1) is 13.8. The first-order valence-corrected chi connectivity index (χ1v) is 10.3. The van der Waals surface area contributed by atoms with Crippen LogP contribution in [0.5, 0.6) is 0 Å². The molecular weight excluding hydrogens is 358 g/mol. The second kappa shape index (κ2) is 8.87. The highest BCUT2D eigenvalue weighted by Crippen LogP contribution is 2.32. The van der Waals surface area contributed by atoms with Crippen molar-refractivity contribution in [3.8, 4) is 0 Å². The van der Waals surface area contributed by atoms with E-state index in [1.165, 1.54) is 11.1 Å². The first kappa shape index (κ1) is 21.2. The predicted molar refractivity (Wildman–Crippen MR) is 118 cm³/mol. The molecule has 0 bridgehead atoms. The lowest BCUT2D eigenvalue weighted by Crippen LogP contribution is -2.35. The lowest BCUT2D eigenvalue weighted by Gasteiger charge is -2.32. The lowest BCUT2D eigenvalue weighted by atomic mass is 9.82. The summed E-state index contributed by atoms with van der Waals surface area (Å²) in [6.45, 7) is 12.6. The van der Waals surface area contributed by atoms with Gasteiger partial charge in [0.15, 0.2) is 5.82 Å². The van der Waals surface area contributed by atoms with Gasteiger partial charge in [-0.1, -0.05) is 81.4 Å². The van der Waals surface area contributed by atoms with Gasteiger partial charge in [0.05, 0.1) is 12.1 Å². The van der Waals surface area contributed by atoms with Gasteiger partial charge in [-0.2, -0.15) is 0 Å². The van der Waals surface area contributed by atoms with E-state index in [4.69, 9.17) is 0 Å². The molecule has 5 nitrogen and oxygen atoms in total. The molecule has 0 aliphatic heterocycles. The number of hydrogen-bond acceptors (Lipinski definition) is 4. The van der Waals surface area contributed by atoms with Crippen molar-refractivity contribution >= 4 is 0 Å². The Morgan fingerprint density at radius 3 is 1.93 bits per heavy atom. The van der Waals surface area contributed by atoms with Crippen LogP contribution in [-0.2, 0) is 12.1 Å². The summed E-state index contributed by atoms with van der Waals surface area (Å²) < 4.78 is 1.98. The molecule has 3 rings (SSSR count). The van der Waals surface area contributed by atoms with Crippen molar-refractivity contribution in [1.82, 2.24) is 25.5 Å². The molecule has 0 fully saturated rings. The molecule has 0 amide bonds. The smallest absolute Gasteiger partial charge is 0.165 e. The van der Waals surface area contributed by atoms with Gasteiger partial charge in [0.25, 0.3) is 0 Å². The number of aromatic nitrogens is 4. The van der Waals surface area contributed by atoms with Crippen LogP contribution < -0.4 is 5.32 Å². The Kier molecular flexibility index (Phi) is 6.48. The van der Waals surface area contributed by atoms with Gasteiger partial charge in [-0.15, -0.1) is 5.10 Å². The average molecular weight is 392 g/mol. The van der Waals surface area contributed by atoms with Crippen LogP contribution >= 0.6 is 0 Å². The SMILES string of the molecule is CC(C)(C)CC(C)(C)n1nnnc1CNCC(c1ccccc1)c1ccccc1. The van der Waals surface area contributed by atoms with E-state index in [1.807, 2.05) is 4.68 Å². The third-order valence-electron chi connectivity index (χ3n) is 5.11. The van der Waals surface area contributed by atoms with E-state index in [0.29, 0.717) is 6.54 Å². The summed E-state index contributed by atoms with van der Waals surface area (Å²) in [7, 11) is 0. The molecule has 3 aromatic rings. The molecule has 0 saturated heterocycles. The van der Waals surface area contributed by atoms with Crippen molar-refractivity contribution in [2.75, 3.05) is 6.54 Å². The number of hydrogen-bond donors (Lipinski definition) is 1. The van der Waals surface area contributed by atoms with Gasteiger partial charge in [0, 0.05) is 12.5 Å². The van der Waals surface area contributed by atoms with Gasteiger partial charge in [-0.05, 0) is 47.2 Å². The van der Waals surface area contributed by atoms with Crippen molar-refractivity contribution < 1.29 is 0 Å². The minimum atomic E-state index is -0.142. The number of nitrogens with zero attached hydrogens (tertiary/aromatic N) is 4. The maximum atomic E-state index is 4.30. The van der Waals surface area contributed by atoms with Crippen LogP contribution in [0.4, 0.5) is 0 Å². The van der Waals surface area contributed by atoms with E-state index in [0.717, 1.165) is 18.8 Å². The second-order valence-electron chi connectivity index (χ2n) is 9.56. The number of tetrazole rings is 1. The van der Waals surface area contributed by atoms with E-state index >= 15 is 0 Å². The minimum Gasteiger partial charge on any atom is -0.309 e. The predicted octanol–water partition coefficient (Wildman–Crippen LogP) is 4.77. The van der Waals surface area contributed by atoms with E-state index in [9.17, 15) is 0 Å². The summed E-state index contributed by atoms with van der Waals surface area (Å²) in [5.74, 6) is 1.16. The molecule has 5 heteroatoms. The first-order valence-electron chi connectivity index (χ1n) is 10.3. The number of nitrogens with one attached hydrogen (secondary N) is 1. The summed E-state index contributed by atoms with van der Waals surface area (Å²) in [4.78, 5) is 0. The normalized spacial score (nSPS) is 12.5. The van der Waals surface area contributed by atoms with Gasteiger partial charge in [-0.25, -0.2) is 4.68 Å². The van der Waals surface area contributed by atoms with Gasteiger partial charge in [0.1, 0.15) is 0 Å². The number of rotatable bonds is 8. The Hall–Kier alpha value is -2.53. The molecule has 0 aliphatic rings. The van der Waals surface area contributed by atoms with E-state index in [1.54, 1.807) is 0 Å². The van der Waals surface area contributed by atoms with Gasteiger partial charge in [-0.3, -0.25) is 0 Å².